The van der Waals surface area contributed by atoms with Crippen LogP contribution in [-0.4, -0.2) is 17.9 Å². The summed E-state index contributed by atoms with van der Waals surface area (Å²) in [6.07, 6.45) is -4.62. The normalized spacial score (nSPS) is 13.9. The first-order chi connectivity index (χ1) is 6.95. The SMILES string of the molecule is OCCC(c1cccc(Br)c1)C(F)(F)F. The molecule has 0 aliphatic heterocycles. The zero-order valence-electron chi connectivity index (χ0n) is 7.76. The Labute approximate surface area is 94.0 Å². The fourth-order valence-corrected chi connectivity index (χ4v) is 1.79. The Morgan fingerprint density at radius 2 is 2.00 bits per heavy atom. The van der Waals surface area contributed by atoms with Gasteiger partial charge in [-0.1, -0.05) is 28.1 Å². The molecule has 0 aliphatic rings. The molecule has 0 bridgehead atoms. The van der Waals surface area contributed by atoms with Gasteiger partial charge in [-0.15, -0.1) is 0 Å². The van der Waals surface area contributed by atoms with Crippen molar-refractivity contribution < 1.29 is 18.3 Å². The maximum Gasteiger partial charge on any atom is 0.395 e. The van der Waals surface area contributed by atoms with Gasteiger partial charge in [-0.2, -0.15) is 13.2 Å². The molecule has 0 radical (unpaired) electrons. The molecule has 5 heteroatoms. The molecule has 0 spiro atoms. The molecule has 1 atom stereocenters. The molecular formula is C10H10BrF3O. The number of alkyl halides is 3. The minimum Gasteiger partial charge on any atom is -0.396 e. The lowest BCUT2D eigenvalue weighted by molar-refractivity contribution is -0.153. The van der Waals surface area contributed by atoms with Gasteiger partial charge in [0.1, 0.15) is 0 Å². The van der Waals surface area contributed by atoms with Crippen LogP contribution in [0.4, 0.5) is 13.2 Å². The second-order valence-electron chi connectivity index (χ2n) is 3.16. The molecule has 1 aromatic rings. The van der Waals surface area contributed by atoms with E-state index in [-0.39, 0.29) is 12.0 Å². The van der Waals surface area contributed by atoms with Crippen molar-refractivity contribution in [3.63, 3.8) is 0 Å². The van der Waals surface area contributed by atoms with Crippen molar-refractivity contribution in [1.82, 2.24) is 0 Å². The predicted molar refractivity (Wildman–Crippen MR) is 54.6 cm³/mol. The molecule has 0 saturated carbocycles. The van der Waals surface area contributed by atoms with Gasteiger partial charge in [0.05, 0.1) is 5.92 Å². The van der Waals surface area contributed by atoms with Crippen molar-refractivity contribution in [3.05, 3.63) is 34.3 Å². The Morgan fingerprint density at radius 3 is 2.47 bits per heavy atom. The first kappa shape index (κ1) is 12.5. The Kier molecular flexibility index (Phi) is 4.16. The molecular weight excluding hydrogens is 273 g/mol. The van der Waals surface area contributed by atoms with Crippen LogP contribution in [0.1, 0.15) is 17.9 Å². The van der Waals surface area contributed by atoms with Crippen LogP contribution in [0.25, 0.3) is 0 Å². The van der Waals surface area contributed by atoms with Crippen LogP contribution < -0.4 is 0 Å². The lowest BCUT2D eigenvalue weighted by Gasteiger charge is -2.19. The van der Waals surface area contributed by atoms with Gasteiger partial charge < -0.3 is 5.11 Å². The van der Waals surface area contributed by atoms with Crippen molar-refractivity contribution in [2.45, 2.75) is 18.5 Å². The van der Waals surface area contributed by atoms with Gasteiger partial charge in [-0.05, 0) is 24.1 Å². The summed E-state index contributed by atoms with van der Waals surface area (Å²) >= 11 is 3.12. The summed E-state index contributed by atoms with van der Waals surface area (Å²) in [7, 11) is 0. The number of aliphatic hydroxyl groups is 1. The molecule has 0 amide bonds. The summed E-state index contributed by atoms with van der Waals surface area (Å²) in [6.45, 7) is -0.476. The summed E-state index contributed by atoms with van der Waals surface area (Å²) in [4.78, 5) is 0. The van der Waals surface area contributed by atoms with Crippen LogP contribution in [-0.2, 0) is 0 Å². The third-order valence-electron chi connectivity index (χ3n) is 2.06. The summed E-state index contributed by atoms with van der Waals surface area (Å²) < 4.78 is 38.4. The molecule has 1 unspecified atom stereocenters. The number of benzene rings is 1. The number of rotatable bonds is 3. The van der Waals surface area contributed by atoms with E-state index in [2.05, 4.69) is 15.9 Å². The van der Waals surface area contributed by atoms with E-state index in [0.29, 0.717) is 4.47 Å². The van der Waals surface area contributed by atoms with Crippen molar-refractivity contribution in [2.75, 3.05) is 6.61 Å². The fourth-order valence-electron chi connectivity index (χ4n) is 1.37. The summed E-state index contributed by atoms with van der Waals surface area (Å²) in [5.41, 5.74) is 0.172. The Morgan fingerprint density at radius 1 is 1.33 bits per heavy atom. The standard InChI is InChI=1S/C10H10BrF3O/c11-8-3-1-2-7(6-8)9(4-5-15)10(12,13)14/h1-3,6,9,15H,4-5H2. The topological polar surface area (TPSA) is 20.2 Å². The van der Waals surface area contributed by atoms with Crippen LogP contribution in [0.3, 0.4) is 0 Å². The summed E-state index contributed by atoms with van der Waals surface area (Å²) in [5, 5.41) is 8.62. The molecule has 1 aromatic carbocycles. The number of aliphatic hydroxyl groups excluding tert-OH is 1. The molecule has 0 fully saturated rings. The highest BCUT2D eigenvalue weighted by Gasteiger charge is 2.40. The molecule has 0 saturated heterocycles. The van der Waals surface area contributed by atoms with Gasteiger partial charge in [0.15, 0.2) is 0 Å². The monoisotopic (exact) mass is 282 g/mol. The maximum absolute atomic E-state index is 12.6. The van der Waals surface area contributed by atoms with Crippen molar-refractivity contribution in [2.24, 2.45) is 0 Å². The first-order valence-electron chi connectivity index (χ1n) is 4.38. The zero-order chi connectivity index (χ0) is 11.5. The predicted octanol–water partition coefficient (Wildman–Crippen LogP) is 3.48. The molecule has 0 aromatic heterocycles. The molecule has 1 N–H and O–H groups in total. The van der Waals surface area contributed by atoms with E-state index < -0.39 is 18.7 Å². The van der Waals surface area contributed by atoms with Crippen LogP contribution in [0.15, 0.2) is 28.7 Å². The molecule has 1 nitrogen and oxygen atoms in total. The van der Waals surface area contributed by atoms with E-state index in [4.69, 9.17) is 5.11 Å². The Hall–Kier alpha value is -0.550. The number of hydrogen-bond acceptors (Lipinski definition) is 1. The minimum absolute atomic E-state index is 0.172. The molecule has 0 aliphatic carbocycles. The average Bonchev–Trinajstić information content (AvgIpc) is 2.12. The van der Waals surface area contributed by atoms with Crippen molar-refractivity contribution in [3.8, 4) is 0 Å². The maximum atomic E-state index is 12.6. The second-order valence-corrected chi connectivity index (χ2v) is 4.08. The highest BCUT2D eigenvalue weighted by atomic mass is 79.9. The van der Waals surface area contributed by atoms with Gasteiger partial charge in [-0.25, -0.2) is 0 Å². The van der Waals surface area contributed by atoms with E-state index in [1.807, 2.05) is 0 Å². The molecule has 15 heavy (non-hydrogen) atoms. The third-order valence-corrected chi connectivity index (χ3v) is 2.56. The molecule has 84 valence electrons. The molecule has 1 rings (SSSR count). The van der Waals surface area contributed by atoms with E-state index >= 15 is 0 Å². The Bertz CT molecular complexity index is 325. The summed E-state index contributed by atoms with van der Waals surface area (Å²) in [5.74, 6) is -1.60. The Balaban J connectivity index is 2.99. The third kappa shape index (κ3) is 3.50. The number of hydrogen-bond donors (Lipinski definition) is 1. The van der Waals surface area contributed by atoms with E-state index in [9.17, 15) is 13.2 Å². The molecule has 0 heterocycles. The van der Waals surface area contributed by atoms with Crippen molar-refractivity contribution in [1.29, 1.82) is 0 Å². The first-order valence-corrected chi connectivity index (χ1v) is 5.17. The lowest BCUT2D eigenvalue weighted by Crippen LogP contribution is -2.21. The largest absolute Gasteiger partial charge is 0.396 e. The van der Waals surface area contributed by atoms with E-state index in [1.54, 1.807) is 12.1 Å². The minimum atomic E-state index is -4.32. The van der Waals surface area contributed by atoms with Crippen LogP contribution >= 0.6 is 15.9 Å². The average molecular weight is 283 g/mol. The van der Waals surface area contributed by atoms with Gasteiger partial charge in [-0.3, -0.25) is 0 Å². The summed E-state index contributed by atoms with van der Waals surface area (Å²) in [6, 6.07) is 6.05. The lowest BCUT2D eigenvalue weighted by atomic mass is 9.95. The van der Waals surface area contributed by atoms with E-state index in [0.717, 1.165) is 0 Å². The second kappa shape index (κ2) is 4.99. The quantitative estimate of drug-likeness (QED) is 0.900. The zero-order valence-corrected chi connectivity index (χ0v) is 9.35. The van der Waals surface area contributed by atoms with Crippen LogP contribution in [0.5, 0.6) is 0 Å². The van der Waals surface area contributed by atoms with Gasteiger partial charge in [0, 0.05) is 11.1 Å². The van der Waals surface area contributed by atoms with E-state index in [1.165, 1.54) is 12.1 Å². The van der Waals surface area contributed by atoms with Gasteiger partial charge in [0.2, 0.25) is 0 Å². The number of halogens is 4. The van der Waals surface area contributed by atoms with Crippen LogP contribution in [0, 0.1) is 0 Å². The highest BCUT2D eigenvalue weighted by molar-refractivity contribution is 9.10. The smallest absolute Gasteiger partial charge is 0.395 e. The van der Waals surface area contributed by atoms with Crippen molar-refractivity contribution >= 4 is 15.9 Å². The van der Waals surface area contributed by atoms with Gasteiger partial charge >= 0.3 is 6.18 Å². The van der Waals surface area contributed by atoms with Gasteiger partial charge in [0.25, 0.3) is 0 Å². The van der Waals surface area contributed by atoms with Crippen LogP contribution in [0.2, 0.25) is 0 Å². The fraction of sp³-hybridized carbons (Fsp3) is 0.400. The highest BCUT2D eigenvalue weighted by Crippen LogP contribution is 2.37.